The highest BCUT2D eigenvalue weighted by Gasteiger charge is 2.12. The lowest BCUT2D eigenvalue weighted by Gasteiger charge is -2.27. The maximum absolute atomic E-state index is 5.50. The Kier molecular flexibility index (Phi) is 4.68. The summed E-state index contributed by atoms with van der Waals surface area (Å²) in [5, 5.41) is 3.39. The second-order valence-electron chi connectivity index (χ2n) is 5.58. The van der Waals surface area contributed by atoms with Crippen LogP contribution in [0.2, 0.25) is 0 Å². The molecule has 0 bridgehead atoms. The van der Waals surface area contributed by atoms with E-state index in [1.165, 1.54) is 11.1 Å². The van der Waals surface area contributed by atoms with E-state index >= 15 is 0 Å². The number of ether oxygens (including phenoxy) is 1. The average Bonchev–Trinajstić information content (AvgIpc) is 3.02. The lowest BCUT2D eigenvalue weighted by atomic mass is 10.0. The van der Waals surface area contributed by atoms with Crippen molar-refractivity contribution in [3.63, 3.8) is 0 Å². The molecule has 0 atom stereocenters. The van der Waals surface area contributed by atoms with Gasteiger partial charge in [0, 0.05) is 50.4 Å². The summed E-state index contributed by atoms with van der Waals surface area (Å²) in [7, 11) is 1.74. The van der Waals surface area contributed by atoms with Crippen LogP contribution in [0.1, 0.15) is 11.1 Å². The zero-order valence-corrected chi connectivity index (χ0v) is 12.6. The van der Waals surface area contributed by atoms with E-state index in [9.17, 15) is 0 Å². The van der Waals surface area contributed by atoms with Gasteiger partial charge in [0.1, 0.15) is 5.75 Å². The Hall–Kier alpha value is -1.65. The van der Waals surface area contributed by atoms with Gasteiger partial charge in [0.25, 0.3) is 0 Å². The Balaban J connectivity index is 1.73. The van der Waals surface area contributed by atoms with Crippen LogP contribution in [0.5, 0.6) is 5.75 Å². The normalized spacial score (nSPS) is 18.8. The van der Waals surface area contributed by atoms with Gasteiger partial charge in [-0.15, -0.1) is 0 Å². The maximum atomic E-state index is 5.50. The number of piperazine rings is 1. The molecule has 21 heavy (non-hydrogen) atoms. The van der Waals surface area contributed by atoms with E-state index in [2.05, 4.69) is 45.6 Å². The van der Waals surface area contributed by atoms with E-state index in [1.54, 1.807) is 7.11 Å². The van der Waals surface area contributed by atoms with Gasteiger partial charge in [0.15, 0.2) is 0 Å². The van der Waals surface area contributed by atoms with Crippen molar-refractivity contribution in [3.8, 4) is 5.75 Å². The van der Waals surface area contributed by atoms with Gasteiger partial charge in [-0.1, -0.05) is 18.2 Å². The van der Waals surface area contributed by atoms with Gasteiger partial charge in [-0.2, -0.15) is 0 Å². The van der Waals surface area contributed by atoms with E-state index in [4.69, 9.17) is 4.74 Å². The van der Waals surface area contributed by atoms with Crippen LogP contribution in [-0.4, -0.2) is 50.4 Å². The van der Waals surface area contributed by atoms with Crippen LogP contribution in [0.15, 0.2) is 35.3 Å². The quantitative estimate of drug-likeness (QED) is 0.894. The third-order valence-electron chi connectivity index (χ3n) is 4.04. The van der Waals surface area contributed by atoms with Crippen LogP contribution in [0.4, 0.5) is 0 Å². The molecule has 4 heteroatoms. The summed E-state index contributed by atoms with van der Waals surface area (Å²) in [4.78, 5) is 6.98. The lowest BCUT2D eigenvalue weighted by molar-refractivity contribution is 0.233. The first-order valence-electron chi connectivity index (χ1n) is 7.64. The molecule has 0 aromatic heterocycles. The average molecular weight is 285 g/mol. The van der Waals surface area contributed by atoms with Crippen LogP contribution in [-0.2, 0) is 13.0 Å². The molecule has 4 nitrogen and oxygen atoms in total. The molecule has 2 heterocycles. The van der Waals surface area contributed by atoms with Crippen molar-refractivity contribution >= 4 is 5.71 Å². The van der Waals surface area contributed by atoms with E-state index in [1.807, 2.05) is 0 Å². The third kappa shape index (κ3) is 3.71. The van der Waals surface area contributed by atoms with Crippen LogP contribution >= 0.6 is 0 Å². The van der Waals surface area contributed by atoms with Crippen molar-refractivity contribution < 1.29 is 4.74 Å². The van der Waals surface area contributed by atoms with Gasteiger partial charge < -0.3 is 10.1 Å². The molecule has 1 fully saturated rings. The van der Waals surface area contributed by atoms with E-state index < -0.39 is 0 Å². The fourth-order valence-electron chi connectivity index (χ4n) is 2.92. The molecule has 1 aromatic carbocycles. The Morgan fingerprint density at radius 1 is 1.29 bits per heavy atom. The number of hydrogen-bond acceptors (Lipinski definition) is 4. The van der Waals surface area contributed by atoms with E-state index in [0.717, 1.165) is 57.2 Å². The fourth-order valence-corrected chi connectivity index (χ4v) is 2.92. The first-order valence-corrected chi connectivity index (χ1v) is 7.64. The highest BCUT2D eigenvalue weighted by Crippen LogP contribution is 2.22. The number of hydrogen-bond donors (Lipinski definition) is 1. The first-order chi connectivity index (χ1) is 10.3. The summed E-state index contributed by atoms with van der Waals surface area (Å²) in [6.45, 7) is 6.25. The van der Waals surface area contributed by atoms with Crippen LogP contribution < -0.4 is 10.1 Å². The molecule has 1 aromatic rings. The van der Waals surface area contributed by atoms with Crippen molar-refractivity contribution in [2.24, 2.45) is 4.99 Å². The van der Waals surface area contributed by atoms with E-state index in [0.29, 0.717) is 0 Å². The van der Waals surface area contributed by atoms with Crippen LogP contribution in [0.3, 0.4) is 0 Å². The predicted octanol–water partition coefficient (Wildman–Crippen LogP) is 1.65. The van der Waals surface area contributed by atoms with Crippen LogP contribution in [0, 0.1) is 0 Å². The molecule has 2 aliphatic heterocycles. The number of allylic oxidation sites excluding steroid dienone is 1. The molecule has 2 aliphatic rings. The molecule has 0 amide bonds. The molecule has 112 valence electrons. The molecular formula is C17H23N3O. The number of rotatable bonds is 5. The van der Waals surface area contributed by atoms with Gasteiger partial charge >= 0.3 is 0 Å². The Bertz CT molecular complexity index is 545. The smallest absolute Gasteiger partial charge is 0.122 e. The van der Waals surface area contributed by atoms with Gasteiger partial charge in [-0.3, -0.25) is 9.89 Å². The molecule has 0 saturated carbocycles. The summed E-state index contributed by atoms with van der Waals surface area (Å²) >= 11 is 0. The monoisotopic (exact) mass is 285 g/mol. The maximum Gasteiger partial charge on any atom is 0.122 e. The van der Waals surface area contributed by atoms with Crippen molar-refractivity contribution in [2.45, 2.75) is 13.0 Å². The molecule has 0 unspecified atom stereocenters. The summed E-state index contributed by atoms with van der Waals surface area (Å²) in [5.41, 5.74) is 3.73. The van der Waals surface area contributed by atoms with Gasteiger partial charge in [0.05, 0.1) is 13.7 Å². The topological polar surface area (TPSA) is 36.9 Å². The highest BCUT2D eigenvalue weighted by atomic mass is 16.5. The van der Waals surface area contributed by atoms with Gasteiger partial charge in [0.2, 0.25) is 0 Å². The zero-order chi connectivity index (χ0) is 14.5. The number of methoxy groups -OCH3 is 1. The SMILES string of the molecule is COc1ccc(CN2CCNCC2)cc1CC1=NCC=C1. The number of benzene rings is 1. The van der Waals surface area contributed by atoms with E-state index in [-0.39, 0.29) is 0 Å². The van der Waals surface area contributed by atoms with Gasteiger partial charge in [-0.05, 0) is 17.7 Å². The minimum atomic E-state index is 0.818. The molecule has 1 saturated heterocycles. The summed E-state index contributed by atoms with van der Waals surface area (Å²) < 4.78 is 5.50. The summed E-state index contributed by atoms with van der Waals surface area (Å²) in [6, 6.07) is 6.54. The summed E-state index contributed by atoms with van der Waals surface area (Å²) in [5.74, 6) is 0.960. The fraction of sp³-hybridized carbons (Fsp3) is 0.471. The number of nitrogens with one attached hydrogen (secondary N) is 1. The number of aliphatic imine (C=N–C) groups is 1. The minimum Gasteiger partial charge on any atom is -0.496 e. The zero-order valence-electron chi connectivity index (χ0n) is 12.6. The second kappa shape index (κ2) is 6.87. The predicted molar refractivity (Wildman–Crippen MR) is 86.3 cm³/mol. The van der Waals surface area contributed by atoms with Crippen molar-refractivity contribution in [1.29, 1.82) is 0 Å². The van der Waals surface area contributed by atoms with Crippen molar-refractivity contribution in [3.05, 3.63) is 41.5 Å². The Morgan fingerprint density at radius 3 is 2.86 bits per heavy atom. The number of nitrogens with zero attached hydrogens (tertiary/aromatic N) is 2. The Morgan fingerprint density at radius 2 is 2.14 bits per heavy atom. The van der Waals surface area contributed by atoms with Crippen molar-refractivity contribution in [2.75, 3.05) is 39.8 Å². The minimum absolute atomic E-state index is 0.818. The lowest BCUT2D eigenvalue weighted by Crippen LogP contribution is -2.42. The molecule has 0 aliphatic carbocycles. The highest BCUT2D eigenvalue weighted by molar-refractivity contribution is 5.98. The first kappa shape index (κ1) is 14.3. The second-order valence-corrected chi connectivity index (χ2v) is 5.58. The molecule has 0 spiro atoms. The molecular weight excluding hydrogens is 262 g/mol. The van der Waals surface area contributed by atoms with Gasteiger partial charge in [-0.25, -0.2) is 0 Å². The largest absolute Gasteiger partial charge is 0.496 e. The molecule has 1 N–H and O–H groups in total. The third-order valence-corrected chi connectivity index (χ3v) is 4.04. The molecule has 3 rings (SSSR count). The summed E-state index contributed by atoms with van der Waals surface area (Å²) in [6.07, 6.45) is 5.07. The van der Waals surface area contributed by atoms with Crippen LogP contribution in [0.25, 0.3) is 0 Å². The molecule has 0 radical (unpaired) electrons. The Labute approximate surface area is 126 Å². The van der Waals surface area contributed by atoms with Crippen molar-refractivity contribution in [1.82, 2.24) is 10.2 Å². The standard InChI is InChI=1S/C17H23N3O/c1-21-17-5-4-14(13-20-9-7-18-8-10-20)11-15(17)12-16-3-2-6-19-16/h2-5,11,18H,6-10,12-13H2,1H3.